The molecule has 1 aromatic rings. The zero-order valence-electron chi connectivity index (χ0n) is 10.2. The van der Waals surface area contributed by atoms with Gasteiger partial charge >= 0.3 is 6.01 Å². The lowest BCUT2D eigenvalue weighted by atomic mass is 9.97. The van der Waals surface area contributed by atoms with Gasteiger partial charge in [-0.3, -0.25) is 9.69 Å². The minimum absolute atomic E-state index is 0.000223. The van der Waals surface area contributed by atoms with Crippen molar-refractivity contribution in [2.75, 3.05) is 17.3 Å². The van der Waals surface area contributed by atoms with Gasteiger partial charge in [-0.25, -0.2) is 0 Å². The summed E-state index contributed by atoms with van der Waals surface area (Å²) in [5, 5.41) is 7.90. The van der Waals surface area contributed by atoms with Gasteiger partial charge in [0, 0.05) is 24.3 Å². The van der Waals surface area contributed by atoms with Gasteiger partial charge in [-0.2, -0.15) is 0 Å². The molecule has 0 aromatic carbocycles. The van der Waals surface area contributed by atoms with Crippen molar-refractivity contribution in [3.63, 3.8) is 0 Å². The van der Waals surface area contributed by atoms with Gasteiger partial charge in [0.2, 0.25) is 11.8 Å². The van der Waals surface area contributed by atoms with Crippen LogP contribution in [-0.2, 0) is 10.2 Å². The van der Waals surface area contributed by atoms with Gasteiger partial charge in [0.1, 0.15) is 0 Å². The summed E-state index contributed by atoms with van der Waals surface area (Å²) in [6.45, 7) is 6.51. The summed E-state index contributed by atoms with van der Waals surface area (Å²) in [5.41, 5.74) is -0.208. The molecule has 6 heteroatoms. The lowest BCUT2D eigenvalue weighted by Gasteiger charge is -2.13. The summed E-state index contributed by atoms with van der Waals surface area (Å²) in [6, 6.07) is 0.285. The first-order valence-electron chi connectivity index (χ1n) is 5.62. The largest absolute Gasteiger partial charge is 0.407 e. The highest BCUT2D eigenvalue weighted by atomic mass is 35.5. The molecule has 0 N–H and O–H groups in total. The van der Waals surface area contributed by atoms with Crippen LogP contribution >= 0.6 is 11.6 Å². The second-order valence-corrected chi connectivity index (χ2v) is 5.68. The van der Waals surface area contributed by atoms with E-state index in [4.69, 9.17) is 16.0 Å². The molecular weight excluding hydrogens is 242 g/mol. The van der Waals surface area contributed by atoms with Crippen molar-refractivity contribution in [3.05, 3.63) is 5.89 Å². The van der Waals surface area contributed by atoms with E-state index in [-0.39, 0.29) is 23.3 Å². The number of hydrogen-bond acceptors (Lipinski definition) is 4. The monoisotopic (exact) mass is 257 g/mol. The molecular formula is C11H16ClN3O2. The third kappa shape index (κ3) is 2.44. The molecule has 2 rings (SSSR count). The predicted octanol–water partition coefficient (Wildman–Crippen LogP) is 1.96. The molecule has 1 unspecified atom stereocenters. The fourth-order valence-corrected chi connectivity index (χ4v) is 1.90. The predicted molar refractivity (Wildman–Crippen MR) is 64.2 cm³/mol. The van der Waals surface area contributed by atoms with E-state index in [0.717, 1.165) is 0 Å². The Labute approximate surface area is 105 Å². The number of amides is 1. The quantitative estimate of drug-likeness (QED) is 0.760. The van der Waals surface area contributed by atoms with Gasteiger partial charge in [0.25, 0.3) is 0 Å². The number of alkyl halides is 1. The van der Waals surface area contributed by atoms with E-state index >= 15 is 0 Å². The number of nitrogens with zero attached hydrogens (tertiary/aromatic N) is 3. The molecule has 1 aromatic heterocycles. The Bertz CT molecular complexity index is 425. The molecule has 2 heterocycles. The topological polar surface area (TPSA) is 59.2 Å². The average Bonchev–Trinajstić information content (AvgIpc) is 2.82. The first-order valence-corrected chi connectivity index (χ1v) is 6.15. The molecule has 1 aliphatic rings. The van der Waals surface area contributed by atoms with Crippen LogP contribution < -0.4 is 4.90 Å². The Morgan fingerprint density at radius 2 is 2.18 bits per heavy atom. The van der Waals surface area contributed by atoms with Gasteiger partial charge in [-0.1, -0.05) is 25.9 Å². The number of aromatic nitrogens is 2. The van der Waals surface area contributed by atoms with Crippen molar-refractivity contribution in [1.29, 1.82) is 0 Å². The van der Waals surface area contributed by atoms with Gasteiger partial charge in [-0.05, 0) is 5.92 Å². The molecule has 0 radical (unpaired) electrons. The smallest absolute Gasteiger partial charge is 0.325 e. The first kappa shape index (κ1) is 12.4. The van der Waals surface area contributed by atoms with Crippen molar-refractivity contribution in [3.8, 4) is 0 Å². The Kier molecular flexibility index (Phi) is 3.12. The van der Waals surface area contributed by atoms with Crippen LogP contribution in [0.2, 0.25) is 0 Å². The van der Waals surface area contributed by atoms with Crippen LogP contribution in [0, 0.1) is 5.92 Å². The van der Waals surface area contributed by atoms with Gasteiger partial charge in [0.05, 0.1) is 0 Å². The third-order valence-electron chi connectivity index (χ3n) is 2.71. The van der Waals surface area contributed by atoms with Crippen LogP contribution in [0.3, 0.4) is 0 Å². The van der Waals surface area contributed by atoms with E-state index in [0.29, 0.717) is 24.7 Å². The van der Waals surface area contributed by atoms with E-state index in [1.807, 2.05) is 20.8 Å². The minimum atomic E-state index is -0.208. The highest BCUT2D eigenvalue weighted by Gasteiger charge is 2.34. The molecule has 1 saturated heterocycles. The Morgan fingerprint density at radius 3 is 2.65 bits per heavy atom. The van der Waals surface area contributed by atoms with Gasteiger partial charge < -0.3 is 4.42 Å². The number of carbonyl (C=O) groups is 1. The van der Waals surface area contributed by atoms with Crippen LogP contribution in [-0.4, -0.2) is 28.5 Å². The summed E-state index contributed by atoms with van der Waals surface area (Å²) in [4.78, 5) is 13.3. The standard InChI is InChI=1S/C11H16ClN3O2/c1-11(2,3)9-13-14-10(17-9)15-6-7(5-12)4-8(15)16/h7H,4-6H2,1-3H3. The van der Waals surface area contributed by atoms with Crippen molar-refractivity contribution in [2.24, 2.45) is 5.92 Å². The number of anilines is 1. The Morgan fingerprint density at radius 1 is 1.47 bits per heavy atom. The summed E-state index contributed by atoms with van der Waals surface area (Å²) < 4.78 is 5.54. The zero-order chi connectivity index (χ0) is 12.6. The molecule has 5 nitrogen and oxygen atoms in total. The zero-order valence-corrected chi connectivity index (χ0v) is 11.0. The van der Waals surface area contributed by atoms with Crippen LogP contribution in [0.1, 0.15) is 33.1 Å². The maximum atomic E-state index is 11.7. The minimum Gasteiger partial charge on any atom is -0.407 e. The van der Waals surface area contributed by atoms with Gasteiger partial charge in [0.15, 0.2) is 0 Å². The van der Waals surface area contributed by atoms with E-state index in [9.17, 15) is 4.79 Å². The molecule has 1 fully saturated rings. The Hall–Kier alpha value is -1.10. The first-order chi connectivity index (χ1) is 7.91. The van der Waals surface area contributed by atoms with Crippen molar-refractivity contribution in [2.45, 2.75) is 32.6 Å². The highest BCUT2D eigenvalue weighted by molar-refractivity contribution is 6.18. The maximum absolute atomic E-state index is 11.7. The van der Waals surface area contributed by atoms with E-state index in [2.05, 4.69) is 10.2 Å². The van der Waals surface area contributed by atoms with Crippen LogP contribution in [0.15, 0.2) is 4.42 Å². The molecule has 1 atom stereocenters. The molecule has 0 saturated carbocycles. The summed E-state index contributed by atoms with van der Waals surface area (Å²) in [6.07, 6.45) is 0.455. The molecule has 0 aliphatic carbocycles. The van der Waals surface area contributed by atoms with Gasteiger partial charge in [-0.15, -0.1) is 16.7 Å². The normalized spacial score (nSPS) is 21.3. The summed E-state index contributed by atoms with van der Waals surface area (Å²) in [5.74, 6) is 1.19. The molecule has 1 amide bonds. The van der Waals surface area contributed by atoms with Crippen LogP contribution in [0.5, 0.6) is 0 Å². The molecule has 0 bridgehead atoms. The average molecular weight is 258 g/mol. The lowest BCUT2D eigenvalue weighted by molar-refractivity contribution is -0.117. The molecule has 0 spiro atoms. The van der Waals surface area contributed by atoms with Crippen LogP contribution in [0.25, 0.3) is 0 Å². The number of carbonyl (C=O) groups excluding carboxylic acids is 1. The van der Waals surface area contributed by atoms with E-state index in [1.165, 1.54) is 4.90 Å². The van der Waals surface area contributed by atoms with Crippen molar-refractivity contribution in [1.82, 2.24) is 10.2 Å². The SMILES string of the molecule is CC(C)(C)c1nnc(N2CC(CCl)CC2=O)o1. The molecule has 94 valence electrons. The molecule has 17 heavy (non-hydrogen) atoms. The number of halogens is 1. The van der Waals surface area contributed by atoms with Crippen molar-refractivity contribution >= 4 is 23.5 Å². The fourth-order valence-electron chi connectivity index (χ4n) is 1.70. The number of hydrogen-bond donors (Lipinski definition) is 0. The lowest BCUT2D eigenvalue weighted by Crippen LogP contribution is -2.25. The summed E-state index contributed by atoms with van der Waals surface area (Å²) in [7, 11) is 0. The molecule has 1 aliphatic heterocycles. The van der Waals surface area contributed by atoms with Crippen molar-refractivity contribution < 1.29 is 9.21 Å². The summed E-state index contributed by atoms with van der Waals surface area (Å²) >= 11 is 5.76. The number of rotatable bonds is 2. The maximum Gasteiger partial charge on any atom is 0.325 e. The highest BCUT2D eigenvalue weighted by Crippen LogP contribution is 2.28. The second-order valence-electron chi connectivity index (χ2n) is 5.37. The second kappa shape index (κ2) is 4.29. The van der Waals surface area contributed by atoms with E-state index in [1.54, 1.807) is 0 Å². The fraction of sp³-hybridized carbons (Fsp3) is 0.727. The van der Waals surface area contributed by atoms with E-state index < -0.39 is 0 Å². The third-order valence-corrected chi connectivity index (χ3v) is 3.15. The van der Waals surface area contributed by atoms with Crippen LogP contribution in [0.4, 0.5) is 6.01 Å². The Balaban J connectivity index is 2.19.